The van der Waals surface area contributed by atoms with Crippen molar-refractivity contribution in [3.63, 3.8) is 0 Å². The summed E-state index contributed by atoms with van der Waals surface area (Å²) in [4.78, 5) is 0. The van der Waals surface area contributed by atoms with Gasteiger partial charge in [-0.25, -0.2) is 0 Å². The minimum absolute atomic E-state index is 0.451. The van der Waals surface area contributed by atoms with Crippen LogP contribution in [0.1, 0.15) is 26.2 Å². The minimum atomic E-state index is -0.451. The van der Waals surface area contributed by atoms with E-state index < -0.39 is 5.60 Å². The van der Waals surface area contributed by atoms with Gasteiger partial charge in [-0.05, 0) is 31.9 Å². The van der Waals surface area contributed by atoms with E-state index in [-0.39, 0.29) is 0 Å². The molecule has 0 amide bonds. The number of thioether (sulfide) groups is 1. The standard InChI is InChI=1S/C11H21NOS/c1-3-4-5-10(2)12-8-11(13)6-7-14-9-11/h3,10,12-13H,1,4-9H2,2H3/t10-,11-/m1/s1. The molecule has 2 nitrogen and oxygen atoms in total. The molecule has 1 aliphatic heterocycles. The second-order valence-electron chi connectivity index (χ2n) is 4.17. The third-order valence-corrected chi connectivity index (χ3v) is 3.90. The van der Waals surface area contributed by atoms with Gasteiger partial charge in [0.05, 0.1) is 5.60 Å². The minimum Gasteiger partial charge on any atom is -0.388 e. The van der Waals surface area contributed by atoms with Crippen LogP contribution in [0.4, 0.5) is 0 Å². The first-order valence-corrected chi connectivity index (χ1v) is 6.46. The van der Waals surface area contributed by atoms with E-state index in [2.05, 4.69) is 18.8 Å². The Hall–Kier alpha value is 0.0100. The van der Waals surface area contributed by atoms with Gasteiger partial charge in [0, 0.05) is 18.3 Å². The highest BCUT2D eigenvalue weighted by molar-refractivity contribution is 7.99. The number of rotatable bonds is 6. The molecule has 0 radical (unpaired) electrons. The van der Waals surface area contributed by atoms with Crippen LogP contribution in [0.15, 0.2) is 12.7 Å². The molecule has 2 N–H and O–H groups in total. The molecule has 14 heavy (non-hydrogen) atoms. The first kappa shape index (κ1) is 12.1. The van der Waals surface area contributed by atoms with Crippen molar-refractivity contribution < 1.29 is 5.11 Å². The summed E-state index contributed by atoms with van der Waals surface area (Å²) in [7, 11) is 0. The third-order valence-electron chi connectivity index (χ3n) is 2.67. The molecule has 1 heterocycles. The lowest BCUT2D eigenvalue weighted by atomic mass is 10.0. The summed E-state index contributed by atoms with van der Waals surface area (Å²) in [5, 5.41) is 13.5. The fourth-order valence-corrected chi connectivity index (χ4v) is 2.87. The van der Waals surface area contributed by atoms with Gasteiger partial charge in [0.2, 0.25) is 0 Å². The zero-order chi connectivity index (χ0) is 10.4. The zero-order valence-corrected chi connectivity index (χ0v) is 9.78. The summed E-state index contributed by atoms with van der Waals surface area (Å²) in [5.41, 5.74) is -0.451. The molecule has 0 aromatic heterocycles. The van der Waals surface area contributed by atoms with Gasteiger partial charge in [-0.3, -0.25) is 0 Å². The maximum absolute atomic E-state index is 10.1. The van der Waals surface area contributed by atoms with Gasteiger partial charge in [-0.15, -0.1) is 6.58 Å². The molecular weight excluding hydrogens is 194 g/mol. The average molecular weight is 215 g/mol. The molecule has 0 aliphatic carbocycles. The molecule has 0 aromatic rings. The summed E-state index contributed by atoms with van der Waals surface area (Å²) >= 11 is 1.84. The van der Waals surface area contributed by atoms with Crippen LogP contribution in [0.3, 0.4) is 0 Å². The molecule has 1 rings (SSSR count). The van der Waals surface area contributed by atoms with E-state index in [0.29, 0.717) is 6.04 Å². The van der Waals surface area contributed by atoms with Crippen LogP contribution in [0.2, 0.25) is 0 Å². The molecule has 1 saturated heterocycles. The van der Waals surface area contributed by atoms with E-state index in [1.165, 1.54) is 0 Å². The summed E-state index contributed by atoms with van der Waals surface area (Å²) in [5.74, 6) is 1.98. The van der Waals surface area contributed by atoms with Gasteiger partial charge in [-0.1, -0.05) is 6.08 Å². The first-order valence-electron chi connectivity index (χ1n) is 5.31. The van der Waals surface area contributed by atoms with Crippen LogP contribution in [0.25, 0.3) is 0 Å². The highest BCUT2D eigenvalue weighted by Crippen LogP contribution is 2.27. The van der Waals surface area contributed by atoms with Crippen molar-refractivity contribution in [2.24, 2.45) is 0 Å². The van der Waals surface area contributed by atoms with Crippen LogP contribution in [0.5, 0.6) is 0 Å². The Morgan fingerprint density at radius 1 is 1.71 bits per heavy atom. The first-order chi connectivity index (χ1) is 6.66. The Kier molecular flexibility index (Phi) is 4.99. The van der Waals surface area contributed by atoms with Gasteiger partial charge < -0.3 is 10.4 Å². The Labute approximate surface area is 91.2 Å². The van der Waals surface area contributed by atoms with Crippen LogP contribution in [-0.4, -0.2) is 34.8 Å². The SMILES string of the molecule is C=CCC[C@@H](C)NC[C@]1(O)CCSC1. The van der Waals surface area contributed by atoms with Crippen LogP contribution in [0, 0.1) is 0 Å². The lowest BCUT2D eigenvalue weighted by molar-refractivity contribution is 0.0649. The topological polar surface area (TPSA) is 32.3 Å². The number of nitrogens with one attached hydrogen (secondary N) is 1. The highest BCUT2D eigenvalue weighted by atomic mass is 32.2. The molecule has 0 spiro atoms. The zero-order valence-electron chi connectivity index (χ0n) is 8.96. The molecule has 0 bridgehead atoms. The molecule has 2 atom stereocenters. The van der Waals surface area contributed by atoms with Crippen molar-refractivity contribution in [1.29, 1.82) is 0 Å². The molecule has 0 aromatic carbocycles. The van der Waals surface area contributed by atoms with Crippen molar-refractivity contribution in [1.82, 2.24) is 5.32 Å². The van der Waals surface area contributed by atoms with E-state index in [1.54, 1.807) is 0 Å². The van der Waals surface area contributed by atoms with E-state index in [0.717, 1.165) is 37.3 Å². The normalized spacial score (nSPS) is 29.0. The van der Waals surface area contributed by atoms with Gasteiger partial charge in [0.15, 0.2) is 0 Å². The summed E-state index contributed by atoms with van der Waals surface area (Å²) in [6.45, 7) is 6.60. The summed E-state index contributed by atoms with van der Waals surface area (Å²) < 4.78 is 0. The van der Waals surface area contributed by atoms with Crippen molar-refractivity contribution in [2.45, 2.75) is 37.8 Å². The lowest BCUT2D eigenvalue weighted by Gasteiger charge is -2.24. The van der Waals surface area contributed by atoms with Gasteiger partial charge >= 0.3 is 0 Å². The van der Waals surface area contributed by atoms with Gasteiger partial charge in [-0.2, -0.15) is 11.8 Å². The molecule has 0 unspecified atom stereocenters. The maximum Gasteiger partial charge on any atom is 0.0869 e. The van der Waals surface area contributed by atoms with Crippen molar-refractivity contribution >= 4 is 11.8 Å². The average Bonchev–Trinajstić information content (AvgIpc) is 2.60. The third kappa shape index (κ3) is 4.03. The quantitative estimate of drug-likeness (QED) is 0.663. The fourth-order valence-electron chi connectivity index (χ4n) is 1.57. The van der Waals surface area contributed by atoms with E-state index in [4.69, 9.17) is 0 Å². The van der Waals surface area contributed by atoms with E-state index in [9.17, 15) is 5.11 Å². The maximum atomic E-state index is 10.1. The van der Waals surface area contributed by atoms with Crippen LogP contribution < -0.4 is 5.32 Å². The molecule has 1 aliphatic rings. The fraction of sp³-hybridized carbons (Fsp3) is 0.818. The number of allylic oxidation sites excluding steroid dienone is 1. The van der Waals surface area contributed by atoms with Crippen molar-refractivity contribution in [3.8, 4) is 0 Å². The predicted molar refractivity (Wildman–Crippen MR) is 63.8 cm³/mol. The van der Waals surface area contributed by atoms with Crippen molar-refractivity contribution in [2.75, 3.05) is 18.1 Å². The Balaban J connectivity index is 2.15. The number of hydrogen-bond acceptors (Lipinski definition) is 3. The molecular formula is C11H21NOS. The lowest BCUT2D eigenvalue weighted by Crippen LogP contribution is -2.43. The second-order valence-corrected chi connectivity index (χ2v) is 5.28. The Morgan fingerprint density at radius 3 is 3.07 bits per heavy atom. The largest absolute Gasteiger partial charge is 0.388 e. The smallest absolute Gasteiger partial charge is 0.0869 e. The van der Waals surface area contributed by atoms with Crippen LogP contribution in [-0.2, 0) is 0 Å². The monoisotopic (exact) mass is 215 g/mol. The van der Waals surface area contributed by atoms with Crippen LogP contribution >= 0.6 is 11.8 Å². The molecule has 82 valence electrons. The van der Waals surface area contributed by atoms with Gasteiger partial charge in [0.25, 0.3) is 0 Å². The van der Waals surface area contributed by atoms with E-state index >= 15 is 0 Å². The Morgan fingerprint density at radius 2 is 2.50 bits per heavy atom. The summed E-state index contributed by atoms with van der Waals surface area (Å²) in [6, 6.07) is 0.475. The molecule has 1 fully saturated rings. The van der Waals surface area contributed by atoms with Crippen molar-refractivity contribution in [3.05, 3.63) is 12.7 Å². The number of aliphatic hydroxyl groups is 1. The summed E-state index contributed by atoms with van der Waals surface area (Å²) in [6.07, 6.45) is 5.02. The van der Waals surface area contributed by atoms with E-state index in [1.807, 2.05) is 17.8 Å². The van der Waals surface area contributed by atoms with Gasteiger partial charge in [0.1, 0.15) is 0 Å². The second kappa shape index (κ2) is 5.79. The highest BCUT2D eigenvalue weighted by Gasteiger charge is 2.31. The molecule has 0 saturated carbocycles. The molecule has 3 heteroatoms. The number of hydrogen-bond donors (Lipinski definition) is 2. The Bertz CT molecular complexity index is 178. The predicted octanol–water partition coefficient (Wildman–Crippen LogP) is 1.80.